The van der Waals surface area contributed by atoms with Crippen LogP contribution in [0.2, 0.25) is 0 Å². The zero-order valence-electron chi connectivity index (χ0n) is 13.2. The predicted molar refractivity (Wildman–Crippen MR) is 91.5 cm³/mol. The van der Waals surface area contributed by atoms with Gasteiger partial charge in [0, 0.05) is 11.4 Å². The first-order chi connectivity index (χ1) is 10.7. The third-order valence-electron chi connectivity index (χ3n) is 3.64. The maximum absolute atomic E-state index is 12.5. The Morgan fingerprint density at radius 1 is 1.32 bits per heavy atom. The lowest BCUT2D eigenvalue weighted by atomic mass is 10.2. The molecule has 1 atom stereocenters. The van der Waals surface area contributed by atoms with Crippen molar-refractivity contribution in [3.8, 4) is 5.75 Å². The van der Waals surface area contributed by atoms with Crippen molar-refractivity contribution in [2.24, 2.45) is 0 Å². The fraction of sp³-hybridized carbons (Fsp3) is 0.353. The largest absolute Gasteiger partial charge is 0.495 e. The Kier molecular flexibility index (Phi) is 5.98. The van der Waals surface area contributed by atoms with Gasteiger partial charge < -0.3 is 10.1 Å². The highest BCUT2D eigenvalue weighted by Crippen LogP contribution is 2.23. The maximum Gasteiger partial charge on any atom is 0.241 e. The van der Waals surface area contributed by atoms with Gasteiger partial charge >= 0.3 is 0 Å². The molecule has 0 saturated carbocycles. The number of amides is 1. The van der Waals surface area contributed by atoms with E-state index in [1.165, 1.54) is 4.88 Å². The summed E-state index contributed by atoms with van der Waals surface area (Å²) in [6.45, 7) is 5.61. The number of rotatable bonds is 7. The number of nitrogens with zero attached hydrogens (tertiary/aromatic N) is 1. The van der Waals surface area contributed by atoms with Crippen LogP contribution in [0.15, 0.2) is 41.8 Å². The molecule has 2 rings (SSSR count). The average Bonchev–Trinajstić information content (AvgIpc) is 3.05. The number of thiophene rings is 1. The highest BCUT2D eigenvalue weighted by atomic mass is 32.1. The Balaban J connectivity index is 2.03. The number of carbonyl (C=O) groups is 1. The number of ether oxygens (including phenoxy) is 1. The molecule has 1 heterocycles. The minimum absolute atomic E-state index is 0.0251. The van der Waals surface area contributed by atoms with Gasteiger partial charge in [0.25, 0.3) is 0 Å². The van der Waals surface area contributed by atoms with Gasteiger partial charge in [-0.05, 0) is 37.0 Å². The lowest BCUT2D eigenvalue weighted by Gasteiger charge is -2.26. The summed E-state index contributed by atoms with van der Waals surface area (Å²) < 4.78 is 5.27. The lowest BCUT2D eigenvalue weighted by Crippen LogP contribution is -2.41. The molecular weight excluding hydrogens is 296 g/mol. The summed E-state index contributed by atoms with van der Waals surface area (Å²) in [6.07, 6.45) is 0. The summed E-state index contributed by atoms with van der Waals surface area (Å²) in [7, 11) is 1.60. The van der Waals surface area contributed by atoms with Crippen LogP contribution in [-0.2, 0) is 11.3 Å². The van der Waals surface area contributed by atoms with Gasteiger partial charge in [-0.15, -0.1) is 11.3 Å². The molecular formula is C17H22N2O2S. The number of carbonyl (C=O) groups excluding carboxylic acids is 1. The standard InChI is InChI=1S/C17H22N2O2S/c1-4-19(12-14-8-7-11-22-14)13(2)17(20)18-15-9-5-6-10-16(15)21-3/h5-11,13H,4,12H2,1-3H3,(H,18,20)/t13-/m1/s1. The number of hydrogen-bond acceptors (Lipinski definition) is 4. The van der Waals surface area contributed by atoms with E-state index >= 15 is 0 Å². The van der Waals surface area contributed by atoms with E-state index in [-0.39, 0.29) is 11.9 Å². The zero-order chi connectivity index (χ0) is 15.9. The first kappa shape index (κ1) is 16.5. The molecule has 2 aromatic rings. The number of benzene rings is 1. The first-order valence-electron chi connectivity index (χ1n) is 7.36. The molecule has 22 heavy (non-hydrogen) atoms. The normalized spacial score (nSPS) is 12.2. The minimum Gasteiger partial charge on any atom is -0.495 e. The number of anilines is 1. The first-order valence-corrected chi connectivity index (χ1v) is 8.24. The quantitative estimate of drug-likeness (QED) is 0.848. The van der Waals surface area contributed by atoms with Gasteiger partial charge in [-0.3, -0.25) is 9.69 Å². The van der Waals surface area contributed by atoms with Gasteiger partial charge in [0.15, 0.2) is 0 Å². The van der Waals surface area contributed by atoms with E-state index in [2.05, 4.69) is 28.6 Å². The van der Waals surface area contributed by atoms with E-state index < -0.39 is 0 Å². The summed E-state index contributed by atoms with van der Waals surface area (Å²) in [6, 6.07) is 11.4. The van der Waals surface area contributed by atoms with Crippen molar-refractivity contribution in [2.45, 2.75) is 26.4 Å². The molecule has 0 bridgehead atoms. The van der Waals surface area contributed by atoms with E-state index in [9.17, 15) is 4.79 Å². The number of likely N-dealkylation sites (N-methyl/N-ethyl adjacent to an activating group) is 1. The van der Waals surface area contributed by atoms with Crippen molar-refractivity contribution in [2.75, 3.05) is 19.0 Å². The van der Waals surface area contributed by atoms with Gasteiger partial charge in [-0.1, -0.05) is 25.1 Å². The van der Waals surface area contributed by atoms with Gasteiger partial charge in [-0.25, -0.2) is 0 Å². The molecule has 1 aromatic heterocycles. The molecule has 1 aromatic carbocycles. The van der Waals surface area contributed by atoms with Crippen LogP contribution in [0.5, 0.6) is 5.75 Å². The Morgan fingerprint density at radius 2 is 2.09 bits per heavy atom. The second kappa shape index (κ2) is 7.96. The lowest BCUT2D eigenvalue weighted by molar-refractivity contribution is -0.120. The van der Waals surface area contributed by atoms with Crippen molar-refractivity contribution in [1.82, 2.24) is 4.90 Å². The average molecular weight is 318 g/mol. The van der Waals surface area contributed by atoms with Gasteiger partial charge in [-0.2, -0.15) is 0 Å². The highest BCUT2D eigenvalue weighted by Gasteiger charge is 2.21. The van der Waals surface area contributed by atoms with Gasteiger partial charge in [0.1, 0.15) is 5.75 Å². The summed E-state index contributed by atoms with van der Waals surface area (Å²) in [5.74, 6) is 0.646. The summed E-state index contributed by atoms with van der Waals surface area (Å²) >= 11 is 1.71. The Hall–Kier alpha value is -1.85. The van der Waals surface area contributed by atoms with Gasteiger partial charge in [0.2, 0.25) is 5.91 Å². The van der Waals surface area contributed by atoms with Crippen LogP contribution >= 0.6 is 11.3 Å². The molecule has 1 amide bonds. The van der Waals surface area contributed by atoms with Crippen LogP contribution in [0.25, 0.3) is 0 Å². The Labute approximate surface area is 135 Å². The highest BCUT2D eigenvalue weighted by molar-refractivity contribution is 7.09. The SMILES string of the molecule is CCN(Cc1cccs1)[C@H](C)C(=O)Nc1ccccc1OC. The third-order valence-corrected chi connectivity index (χ3v) is 4.50. The third kappa shape index (κ3) is 4.08. The maximum atomic E-state index is 12.5. The second-order valence-electron chi connectivity index (χ2n) is 5.01. The van der Waals surface area contributed by atoms with Crippen molar-refractivity contribution >= 4 is 22.9 Å². The molecule has 0 radical (unpaired) electrons. The van der Waals surface area contributed by atoms with Crippen LogP contribution in [0.3, 0.4) is 0 Å². The molecule has 0 unspecified atom stereocenters. The Morgan fingerprint density at radius 3 is 2.73 bits per heavy atom. The zero-order valence-corrected chi connectivity index (χ0v) is 14.0. The van der Waals surface area contributed by atoms with E-state index in [0.717, 1.165) is 13.1 Å². The van der Waals surface area contributed by atoms with Crippen molar-refractivity contribution in [3.63, 3.8) is 0 Å². The monoisotopic (exact) mass is 318 g/mol. The minimum atomic E-state index is -0.211. The fourth-order valence-corrected chi connectivity index (χ4v) is 3.01. The number of para-hydroxylation sites is 2. The molecule has 0 aliphatic carbocycles. The van der Waals surface area contributed by atoms with Crippen molar-refractivity contribution in [3.05, 3.63) is 46.7 Å². The molecule has 0 aliphatic heterocycles. The molecule has 0 spiro atoms. The molecule has 0 aliphatic rings. The topological polar surface area (TPSA) is 41.6 Å². The smallest absolute Gasteiger partial charge is 0.241 e. The van der Waals surface area contributed by atoms with Crippen LogP contribution < -0.4 is 10.1 Å². The molecule has 5 heteroatoms. The van der Waals surface area contributed by atoms with E-state index in [1.54, 1.807) is 18.4 Å². The van der Waals surface area contributed by atoms with Gasteiger partial charge in [0.05, 0.1) is 18.8 Å². The molecule has 118 valence electrons. The molecule has 1 N–H and O–H groups in total. The van der Waals surface area contributed by atoms with Crippen molar-refractivity contribution < 1.29 is 9.53 Å². The van der Waals surface area contributed by atoms with E-state index in [1.807, 2.05) is 37.3 Å². The van der Waals surface area contributed by atoms with E-state index in [4.69, 9.17) is 4.74 Å². The van der Waals surface area contributed by atoms with E-state index in [0.29, 0.717) is 11.4 Å². The summed E-state index contributed by atoms with van der Waals surface area (Å²) in [5.41, 5.74) is 0.703. The Bertz CT molecular complexity index is 598. The summed E-state index contributed by atoms with van der Waals surface area (Å²) in [5, 5.41) is 5.01. The number of hydrogen-bond donors (Lipinski definition) is 1. The van der Waals surface area contributed by atoms with Crippen LogP contribution in [0.4, 0.5) is 5.69 Å². The fourth-order valence-electron chi connectivity index (χ4n) is 2.28. The van der Waals surface area contributed by atoms with Crippen LogP contribution in [0.1, 0.15) is 18.7 Å². The number of methoxy groups -OCH3 is 1. The summed E-state index contributed by atoms with van der Waals surface area (Å²) in [4.78, 5) is 15.9. The van der Waals surface area contributed by atoms with Crippen molar-refractivity contribution in [1.29, 1.82) is 0 Å². The molecule has 4 nitrogen and oxygen atoms in total. The predicted octanol–water partition coefficient (Wildman–Crippen LogP) is 3.61. The number of nitrogens with one attached hydrogen (secondary N) is 1. The molecule has 0 saturated heterocycles. The van der Waals surface area contributed by atoms with Crippen LogP contribution in [0, 0.1) is 0 Å². The molecule has 0 fully saturated rings. The second-order valence-corrected chi connectivity index (χ2v) is 6.04. The van der Waals surface area contributed by atoms with Crippen LogP contribution in [-0.4, -0.2) is 30.5 Å².